The lowest BCUT2D eigenvalue weighted by Gasteiger charge is -2.44. The van der Waals surface area contributed by atoms with Gasteiger partial charge in [-0.05, 0) is 68.2 Å². The van der Waals surface area contributed by atoms with Gasteiger partial charge in [0.25, 0.3) is 0 Å². The predicted molar refractivity (Wildman–Crippen MR) is 213 cm³/mol. The normalized spacial score (nSPS) is 14.4. The minimum Gasteiger partial charge on any atom is -0.463 e. The van der Waals surface area contributed by atoms with Crippen molar-refractivity contribution < 1.29 is 48.0 Å². The molecule has 12 heteroatoms. The third-order valence-corrected chi connectivity index (χ3v) is 9.07. The number of nitrogens with one attached hydrogen (secondary N) is 1. The van der Waals surface area contributed by atoms with Gasteiger partial charge in [0, 0.05) is 19.2 Å². The zero-order valence-electron chi connectivity index (χ0n) is 34.3. The maximum absolute atomic E-state index is 12.7. The van der Waals surface area contributed by atoms with Gasteiger partial charge in [0.15, 0.2) is 0 Å². The number of hydrogen-bond donors (Lipinski definition) is 2. The molecule has 2 N–H and O–H groups in total. The average molecular weight is 779 g/mol. The number of hydrogen-bond acceptors (Lipinski definition) is 11. The highest BCUT2D eigenvalue weighted by atomic mass is 16.7. The van der Waals surface area contributed by atoms with Crippen LogP contribution < -0.4 is 5.32 Å². The lowest BCUT2D eigenvalue weighted by molar-refractivity contribution is -0.278. The van der Waals surface area contributed by atoms with E-state index in [-0.39, 0.29) is 43.4 Å². The van der Waals surface area contributed by atoms with Gasteiger partial charge in [-0.3, -0.25) is 9.63 Å². The molecule has 0 spiro atoms. The molecule has 0 fully saturated rings. The van der Waals surface area contributed by atoms with E-state index in [0.717, 1.165) is 23.1 Å². The van der Waals surface area contributed by atoms with Crippen molar-refractivity contribution in [1.82, 2.24) is 10.4 Å². The Labute approximate surface area is 332 Å². The van der Waals surface area contributed by atoms with Crippen LogP contribution in [0.2, 0.25) is 0 Å². The second-order valence-electron chi connectivity index (χ2n) is 15.2. The number of aliphatic hydroxyl groups is 1. The van der Waals surface area contributed by atoms with Gasteiger partial charge in [-0.25, -0.2) is 9.59 Å². The number of carbonyl (C=O) groups is 3. The quantitative estimate of drug-likeness (QED) is 0.0433. The summed E-state index contributed by atoms with van der Waals surface area (Å²) in [5, 5.41) is 14.3. The number of hydroxylamine groups is 2. The van der Waals surface area contributed by atoms with Gasteiger partial charge >= 0.3 is 18.0 Å². The Hall–Kier alpha value is -4.33. The molecular weight excluding hydrogens is 716 g/mol. The van der Waals surface area contributed by atoms with Gasteiger partial charge in [-0.15, -0.1) is 0 Å². The number of esters is 2. The van der Waals surface area contributed by atoms with Crippen LogP contribution in [0.3, 0.4) is 0 Å². The summed E-state index contributed by atoms with van der Waals surface area (Å²) in [7, 11) is 1.55. The molecule has 3 rings (SSSR count). The number of aliphatic hydroxyl groups excluding tert-OH is 1. The van der Waals surface area contributed by atoms with Crippen molar-refractivity contribution >= 4 is 18.0 Å². The van der Waals surface area contributed by atoms with Gasteiger partial charge in [0.05, 0.1) is 25.9 Å². The van der Waals surface area contributed by atoms with Crippen molar-refractivity contribution in [3.63, 3.8) is 0 Å². The van der Waals surface area contributed by atoms with Gasteiger partial charge in [0.2, 0.25) is 0 Å². The highest BCUT2D eigenvalue weighted by molar-refractivity contribution is 5.76. The van der Waals surface area contributed by atoms with E-state index >= 15 is 0 Å². The minimum atomic E-state index is -1.38. The number of rotatable bonds is 23. The molecule has 308 valence electrons. The van der Waals surface area contributed by atoms with E-state index < -0.39 is 43.3 Å². The third kappa shape index (κ3) is 15.7. The van der Waals surface area contributed by atoms with E-state index in [4.69, 9.17) is 28.5 Å². The van der Waals surface area contributed by atoms with Crippen molar-refractivity contribution in [1.29, 1.82) is 0 Å². The fourth-order valence-electron chi connectivity index (χ4n) is 6.00. The van der Waals surface area contributed by atoms with Crippen LogP contribution in [0.15, 0.2) is 84.9 Å². The Bertz CT molecular complexity index is 1580. The average Bonchev–Trinajstić information content (AvgIpc) is 3.17. The molecule has 12 nitrogen and oxygen atoms in total. The summed E-state index contributed by atoms with van der Waals surface area (Å²) in [5.74, 6) is -2.31. The topological polar surface area (TPSA) is 142 Å². The van der Waals surface area contributed by atoms with Gasteiger partial charge in [-0.1, -0.05) is 106 Å². The number of carbonyl (C=O) groups excluding carboxylic acids is 3. The largest absolute Gasteiger partial charge is 0.463 e. The molecule has 5 atom stereocenters. The van der Waals surface area contributed by atoms with Crippen molar-refractivity contribution in [3.05, 3.63) is 107 Å². The molecule has 0 saturated carbocycles. The molecular formula is C44H62N2O10. The maximum Gasteiger partial charge on any atom is 0.407 e. The first-order valence-electron chi connectivity index (χ1n) is 19.3. The molecule has 0 radical (unpaired) electrons. The molecule has 0 aromatic heterocycles. The fraction of sp³-hybridized carbons (Fsp3) is 0.523. The Morgan fingerprint density at radius 3 is 1.88 bits per heavy atom. The number of ether oxygens (including phenoxy) is 5. The van der Waals surface area contributed by atoms with Crippen molar-refractivity contribution in [2.45, 2.75) is 91.1 Å². The van der Waals surface area contributed by atoms with Gasteiger partial charge < -0.3 is 34.1 Å². The highest BCUT2D eigenvalue weighted by Crippen LogP contribution is 2.40. The summed E-state index contributed by atoms with van der Waals surface area (Å²) in [6.07, 6.45) is -1.61. The van der Waals surface area contributed by atoms with Crippen molar-refractivity contribution in [2.75, 3.05) is 46.8 Å². The molecule has 1 amide bonds. The van der Waals surface area contributed by atoms with E-state index in [1.165, 1.54) is 12.5 Å². The van der Waals surface area contributed by atoms with E-state index in [0.29, 0.717) is 19.1 Å². The second kappa shape index (κ2) is 23.7. The second-order valence-corrected chi connectivity index (χ2v) is 15.2. The summed E-state index contributed by atoms with van der Waals surface area (Å²) in [6.45, 7) is 14.6. The van der Waals surface area contributed by atoms with Crippen LogP contribution in [-0.4, -0.2) is 86.6 Å². The summed E-state index contributed by atoms with van der Waals surface area (Å²) in [5.41, 5.74) is 4.01. The summed E-state index contributed by atoms with van der Waals surface area (Å²) in [6, 6.07) is 28.9. The lowest BCUT2D eigenvalue weighted by Crippen LogP contribution is -2.46. The monoisotopic (exact) mass is 778 g/mol. The van der Waals surface area contributed by atoms with Crippen LogP contribution >= 0.6 is 0 Å². The Morgan fingerprint density at radius 1 is 0.714 bits per heavy atom. The summed E-state index contributed by atoms with van der Waals surface area (Å²) in [4.78, 5) is 44.2. The SMILES string of the molecule is COCCOCCOC(=O)C(COC(=O)NCc1ccc(C(C)CC(ON(C(c2ccccc2)C(C)C)C(C)(C)C)c2ccccc2)cc1)COC(=O)C(C)O. The zero-order chi connectivity index (χ0) is 41.1. The molecule has 0 aliphatic rings. The smallest absolute Gasteiger partial charge is 0.407 e. The van der Waals surface area contributed by atoms with E-state index in [1.807, 2.05) is 36.4 Å². The Kier molecular flexibility index (Phi) is 19.5. The van der Waals surface area contributed by atoms with Gasteiger partial charge in [0.1, 0.15) is 37.9 Å². The summed E-state index contributed by atoms with van der Waals surface area (Å²) >= 11 is 0. The predicted octanol–water partition coefficient (Wildman–Crippen LogP) is 7.32. The first kappa shape index (κ1) is 46.1. The standard InChI is InChI=1S/C44H62N2O10/c1-31(2)40(37-17-13-10-14-18-37)46(44(5,6)7)56-39(36-15-11-9-12-16-36)27-32(3)35-21-19-34(20-22-35)28-45-43(50)55-30-38(29-54-41(48)33(4)47)42(49)53-26-25-52-24-23-51-8/h9-22,31-33,38-40,47H,23-30H2,1-8H3,(H,45,50). The van der Waals surface area contributed by atoms with Crippen LogP contribution in [0.4, 0.5) is 4.79 Å². The first-order chi connectivity index (χ1) is 26.7. The molecule has 0 aliphatic heterocycles. The van der Waals surface area contributed by atoms with Crippen LogP contribution in [-0.2, 0) is 44.7 Å². The number of nitrogens with zero attached hydrogens (tertiary/aromatic N) is 1. The molecule has 3 aromatic carbocycles. The lowest BCUT2D eigenvalue weighted by atomic mass is 9.91. The Morgan fingerprint density at radius 2 is 1.30 bits per heavy atom. The van der Waals surface area contributed by atoms with Gasteiger partial charge in [-0.2, -0.15) is 5.06 Å². The number of benzene rings is 3. The fourth-order valence-corrected chi connectivity index (χ4v) is 6.00. The third-order valence-electron chi connectivity index (χ3n) is 9.07. The van der Waals surface area contributed by atoms with E-state index in [2.05, 4.69) is 100 Å². The number of amides is 1. The van der Waals surface area contributed by atoms with E-state index in [1.54, 1.807) is 7.11 Å². The van der Waals surface area contributed by atoms with Crippen LogP contribution in [0.25, 0.3) is 0 Å². The van der Waals surface area contributed by atoms with Crippen LogP contribution in [0.5, 0.6) is 0 Å². The number of methoxy groups -OCH3 is 1. The maximum atomic E-state index is 12.7. The first-order valence-corrected chi connectivity index (χ1v) is 19.3. The Balaban J connectivity index is 1.63. The molecule has 0 aliphatic carbocycles. The van der Waals surface area contributed by atoms with E-state index in [9.17, 15) is 19.5 Å². The van der Waals surface area contributed by atoms with Crippen LogP contribution in [0.1, 0.15) is 95.2 Å². The summed E-state index contributed by atoms with van der Waals surface area (Å²) < 4.78 is 25.7. The molecule has 0 saturated heterocycles. The molecule has 0 bridgehead atoms. The van der Waals surface area contributed by atoms with Crippen LogP contribution in [0, 0.1) is 11.8 Å². The molecule has 3 aromatic rings. The highest BCUT2D eigenvalue weighted by Gasteiger charge is 2.36. The minimum absolute atomic E-state index is 0.0416. The molecule has 5 unspecified atom stereocenters. The number of alkyl carbamates (subject to hydrolysis) is 1. The molecule has 56 heavy (non-hydrogen) atoms. The van der Waals surface area contributed by atoms with Crippen molar-refractivity contribution in [3.8, 4) is 0 Å². The van der Waals surface area contributed by atoms with Crippen molar-refractivity contribution in [2.24, 2.45) is 11.8 Å². The zero-order valence-corrected chi connectivity index (χ0v) is 34.3. The molecule has 0 heterocycles.